The van der Waals surface area contributed by atoms with Crippen LogP contribution in [-0.2, 0) is 12.8 Å². The van der Waals surface area contributed by atoms with Crippen LogP contribution < -0.4 is 14.8 Å². The van der Waals surface area contributed by atoms with Gasteiger partial charge >= 0.3 is 0 Å². The number of amides is 1. The lowest BCUT2D eigenvalue weighted by atomic mass is 10.0. The van der Waals surface area contributed by atoms with Crippen molar-refractivity contribution in [3.05, 3.63) is 51.5 Å². The van der Waals surface area contributed by atoms with E-state index in [1.165, 1.54) is 0 Å². The van der Waals surface area contributed by atoms with Gasteiger partial charge in [0.2, 0.25) is 0 Å². The fraction of sp³-hybridized carbons (Fsp3) is 0.316. The normalized spacial score (nSPS) is 10.4. The van der Waals surface area contributed by atoms with Crippen molar-refractivity contribution < 1.29 is 14.3 Å². The summed E-state index contributed by atoms with van der Waals surface area (Å²) in [5.41, 5.74) is 3.63. The van der Waals surface area contributed by atoms with Gasteiger partial charge in [0.05, 0.1) is 14.2 Å². The minimum atomic E-state index is -0.164. The van der Waals surface area contributed by atoms with Crippen LogP contribution >= 0.6 is 15.9 Å². The quantitative estimate of drug-likeness (QED) is 0.765. The average Bonchev–Trinajstić information content (AvgIpc) is 2.61. The maximum Gasteiger partial charge on any atom is 0.255 e. The number of benzene rings is 2. The maximum atomic E-state index is 12.7. The van der Waals surface area contributed by atoms with Crippen LogP contribution in [0.1, 0.15) is 35.3 Å². The summed E-state index contributed by atoms with van der Waals surface area (Å²) in [6.07, 6.45) is 1.68. The van der Waals surface area contributed by atoms with Crippen molar-refractivity contribution >= 4 is 27.5 Å². The number of carbonyl (C=O) groups excluding carboxylic acids is 1. The van der Waals surface area contributed by atoms with Crippen LogP contribution in [0.4, 0.5) is 5.69 Å². The molecule has 0 fully saturated rings. The Morgan fingerprint density at radius 1 is 1.00 bits per heavy atom. The number of nitrogens with one attached hydrogen (secondary N) is 1. The van der Waals surface area contributed by atoms with Gasteiger partial charge in [0, 0.05) is 15.7 Å². The van der Waals surface area contributed by atoms with E-state index < -0.39 is 0 Å². The van der Waals surface area contributed by atoms with Crippen molar-refractivity contribution in [1.82, 2.24) is 0 Å². The zero-order valence-electron chi connectivity index (χ0n) is 14.4. The van der Waals surface area contributed by atoms with Gasteiger partial charge in [-0.2, -0.15) is 0 Å². The van der Waals surface area contributed by atoms with Gasteiger partial charge in [0.15, 0.2) is 11.5 Å². The Hall–Kier alpha value is -2.01. The van der Waals surface area contributed by atoms with Gasteiger partial charge in [-0.25, -0.2) is 0 Å². The molecule has 5 heteroatoms. The van der Waals surface area contributed by atoms with E-state index >= 15 is 0 Å². The third-order valence-corrected chi connectivity index (χ3v) is 4.37. The minimum absolute atomic E-state index is 0.164. The predicted molar refractivity (Wildman–Crippen MR) is 100 cm³/mol. The number of methoxy groups -OCH3 is 2. The van der Waals surface area contributed by atoms with Crippen molar-refractivity contribution in [3.63, 3.8) is 0 Å². The first kappa shape index (κ1) is 18.3. The zero-order valence-corrected chi connectivity index (χ0v) is 16.0. The van der Waals surface area contributed by atoms with Crippen LogP contribution in [-0.4, -0.2) is 20.1 Å². The molecule has 1 amide bonds. The Morgan fingerprint density at radius 2 is 1.58 bits per heavy atom. The summed E-state index contributed by atoms with van der Waals surface area (Å²) in [6.45, 7) is 4.15. The van der Waals surface area contributed by atoms with E-state index in [1.807, 2.05) is 12.1 Å². The van der Waals surface area contributed by atoms with Crippen molar-refractivity contribution in [2.75, 3.05) is 19.5 Å². The first-order chi connectivity index (χ1) is 11.5. The van der Waals surface area contributed by atoms with Crippen molar-refractivity contribution in [2.45, 2.75) is 26.7 Å². The molecule has 0 aliphatic heterocycles. The van der Waals surface area contributed by atoms with Crippen LogP contribution in [0.5, 0.6) is 11.5 Å². The highest BCUT2D eigenvalue weighted by atomic mass is 79.9. The molecule has 4 nitrogen and oxygen atoms in total. The van der Waals surface area contributed by atoms with E-state index in [9.17, 15) is 4.79 Å². The molecular formula is C19H22BrNO3. The summed E-state index contributed by atoms with van der Waals surface area (Å²) in [4.78, 5) is 12.7. The van der Waals surface area contributed by atoms with Crippen LogP contribution in [0.3, 0.4) is 0 Å². The zero-order chi connectivity index (χ0) is 17.7. The molecule has 24 heavy (non-hydrogen) atoms. The molecule has 0 aliphatic carbocycles. The second-order valence-electron chi connectivity index (χ2n) is 5.33. The average molecular weight is 392 g/mol. The topological polar surface area (TPSA) is 47.6 Å². The summed E-state index contributed by atoms with van der Waals surface area (Å²) in [6, 6.07) is 9.24. The van der Waals surface area contributed by atoms with Crippen molar-refractivity contribution in [1.29, 1.82) is 0 Å². The number of halogens is 1. The maximum absolute atomic E-state index is 12.7. The Labute approximate surface area is 151 Å². The molecule has 0 aliphatic rings. The van der Waals surface area contributed by atoms with Crippen LogP contribution in [0.15, 0.2) is 34.8 Å². The molecule has 0 bridgehead atoms. The molecule has 2 aromatic carbocycles. The molecule has 1 N–H and O–H groups in total. The van der Waals surface area contributed by atoms with E-state index in [4.69, 9.17) is 9.47 Å². The van der Waals surface area contributed by atoms with Crippen LogP contribution in [0, 0.1) is 0 Å². The SMILES string of the molecule is CCc1cc(Br)cc(CC)c1NC(=O)c1ccc(OC)c(OC)c1. The number of rotatable bonds is 6. The van der Waals surface area contributed by atoms with E-state index in [-0.39, 0.29) is 5.91 Å². The molecule has 2 rings (SSSR count). The molecule has 0 saturated heterocycles. The van der Waals surface area contributed by atoms with Crippen LogP contribution in [0.2, 0.25) is 0 Å². The fourth-order valence-electron chi connectivity index (χ4n) is 2.61. The molecule has 0 aromatic heterocycles. The third-order valence-electron chi connectivity index (χ3n) is 3.91. The van der Waals surface area contributed by atoms with E-state index in [0.29, 0.717) is 17.1 Å². The predicted octanol–water partition coefficient (Wildman–Crippen LogP) is 4.84. The summed E-state index contributed by atoms with van der Waals surface area (Å²) >= 11 is 3.53. The molecule has 0 spiro atoms. The van der Waals surface area contributed by atoms with E-state index in [2.05, 4.69) is 35.1 Å². The molecule has 128 valence electrons. The van der Waals surface area contributed by atoms with Crippen molar-refractivity contribution in [2.24, 2.45) is 0 Å². The van der Waals surface area contributed by atoms with E-state index in [0.717, 1.165) is 34.1 Å². The van der Waals surface area contributed by atoms with Crippen molar-refractivity contribution in [3.8, 4) is 11.5 Å². The number of hydrogen-bond acceptors (Lipinski definition) is 3. The van der Waals surface area contributed by atoms with Gasteiger partial charge in [-0.15, -0.1) is 0 Å². The Kier molecular flexibility index (Phi) is 6.26. The van der Waals surface area contributed by atoms with Gasteiger partial charge in [-0.3, -0.25) is 4.79 Å². The molecule has 0 saturated carbocycles. The second kappa shape index (κ2) is 8.20. The molecule has 2 aromatic rings. The number of anilines is 1. The lowest BCUT2D eigenvalue weighted by Crippen LogP contribution is -2.15. The highest BCUT2D eigenvalue weighted by Crippen LogP contribution is 2.30. The van der Waals surface area contributed by atoms with Gasteiger partial charge in [-0.05, 0) is 54.3 Å². The molecule has 0 atom stereocenters. The summed E-state index contributed by atoms with van der Waals surface area (Å²) < 4.78 is 11.5. The Bertz CT molecular complexity index is 718. The number of carbonyl (C=O) groups is 1. The second-order valence-corrected chi connectivity index (χ2v) is 6.25. The van der Waals surface area contributed by atoms with Gasteiger partial charge in [0.1, 0.15) is 0 Å². The lowest BCUT2D eigenvalue weighted by molar-refractivity contribution is 0.102. The smallest absolute Gasteiger partial charge is 0.255 e. The van der Waals surface area contributed by atoms with Gasteiger partial charge < -0.3 is 14.8 Å². The van der Waals surface area contributed by atoms with Gasteiger partial charge in [-0.1, -0.05) is 29.8 Å². The first-order valence-corrected chi connectivity index (χ1v) is 8.67. The molecule has 0 radical (unpaired) electrons. The third kappa shape index (κ3) is 3.90. The fourth-order valence-corrected chi connectivity index (χ4v) is 3.16. The Balaban J connectivity index is 2.36. The minimum Gasteiger partial charge on any atom is -0.493 e. The monoisotopic (exact) mass is 391 g/mol. The highest BCUT2D eigenvalue weighted by molar-refractivity contribution is 9.10. The van der Waals surface area contributed by atoms with Gasteiger partial charge in [0.25, 0.3) is 5.91 Å². The van der Waals surface area contributed by atoms with E-state index in [1.54, 1.807) is 32.4 Å². The molecule has 0 heterocycles. The first-order valence-electron chi connectivity index (χ1n) is 7.88. The number of aryl methyl sites for hydroxylation is 2. The highest BCUT2D eigenvalue weighted by Gasteiger charge is 2.15. The Morgan fingerprint density at radius 3 is 2.08 bits per heavy atom. The molecule has 0 unspecified atom stereocenters. The van der Waals surface area contributed by atoms with Crippen LogP contribution in [0.25, 0.3) is 0 Å². The largest absolute Gasteiger partial charge is 0.493 e. The number of hydrogen-bond donors (Lipinski definition) is 1. The standard InChI is InChI=1S/C19H22BrNO3/c1-5-12-9-15(20)10-13(6-2)18(12)21-19(22)14-7-8-16(23-3)17(11-14)24-4/h7-11H,5-6H2,1-4H3,(H,21,22). The number of ether oxygens (including phenoxy) is 2. The summed E-state index contributed by atoms with van der Waals surface area (Å²) in [7, 11) is 3.12. The lowest BCUT2D eigenvalue weighted by Gasteiger charge is -2.16. The molecular weight excluding hydrogens is 370 g/mol. The summed E-state index contributed by atoms with van der Waals surface area (Å²) in [5, 5.41) is 3.06. The summed E-state index contributed by atoms with van der Waals surface area (Å²) in [5.74, 6) is 0.969.